The molecule has 108 valence electrons. The maximum absolute atomic E-state index is 12.1. The first kappa shape index (κ1) is 16.0. The fourth-order valence-corrected chi connectivity index (χ4v) is 3.44. The van der Waals surface area contributed by atoms with Gasteiger partial charge in [-0.1, -0.05) is 32.4 Å². The zero-order chi connectivity index (χ0) is 14.3. The molecular weight excluding hydrogens is 262 g/mol. The lowest BCUT2D eigenvalue weighted by Gasteiger charge is -2.15. The van der Waals surface area contributed by atoms with E-state index >= 15 is 0 Å². The second kappa shape index (κ2) is 7.50. The molecule has 1 aromatic carbocycles. The summed E-state index contributed by atoms with van der Waals surface area (Å²) in [6.45, 7) is 4.22. The highest BCUT2D eigenvalue weighted by Crippen LogP contribution is 2.22. The Hall–Kier alpha value is -1.07. The van der Waals surface area contributed by atoms with E-state index in [-0.39, 0.29) is 5.75 Å². The molecule has 0 radical (unpaired) electrons. The van der Waals surface area contributed by atoms with E-state index in [9.17, 15) is 13.5 Å². The Bertz CT molecular complexity index is 485. The van der Waals surface area contributed by atoms with Crippen molar-refractivity contribution in [1.29, 1.82) is 0 Å². The van der Waals surface area contributed by atoms with Crippen LogP contribution in [0.15, 0.2) is 29.2 Å². The minimum Gasteiger partial charge on any atom is -0.391 e. The predicted octanol–water partition coefficient (Wildman–Crippen LogP) is 2.44. The molecule has 0 heterocycles. The van der Waals surface area contributed by atoms with Crippen molar-refractivity contribution >= 4 is 15.5 Å². The molecule has 0 aliphatic heterocycles. The number of anilines is 1. The van der Waals surface area contributed by atoms with Crippen LogP contribution in [0.25, 0.3) is 0 Å². The number of aliphatic hydroxyl groups is 1. The van der Waals surface area contributed by atoms with Crippen molar-refractivity contribution in [1.82, 2.24) is 0 Å². The maximum Gasteiger partial charge on any atom is 0.180 e. The molecule has 0 saturated heterocycles. The Labute approximate surface area is 115 Å². The molecule has 0 aliphatic rings. The molecule has 4 nitrogen and oxygen atoms in total. The highest BCUT2D eigenvalue weighted by atomic mass is 32.2. The van der Waals surface area contributed by atoms with E-state index in [1.54, 1.807) is 24.3 Å². The highest BCUT2D eigenvalue weighted by molar-refractivity contribution is 7.91. The SMILES string of the molecule is CCCC(O)CNc1ccccc1S(=O)(=O)CCC. The van der Waals surface area contributed by atoms with E-state index in [1.165, 1.54) is 0 Å². The first-order valence-corrected chi connectivity index (χ1v) is 8.40. The molecule has 0 amide bonds. The van der Waals surface area contributed by atoms with E-state index in [0.29, 0.717) is 30.0 Å². The Balaban J connectivity index is 2.85. The fraction of sp³-hybridized carbons (Fsp3) is 0.571. The summed E-state index contributed by atoms with van der Waals surface area (Å²) in [7, 11) is -3.25. The number of para-hydroxylation sites is 1. The van der Waals surface area contributed by atoms with Crippen LogP contribution < -0.4 is 5.32 Å². The van der Waals surface area contributed by atoms with Crippen LogP contribution in [0.2, 0.25) is 0 Å². The first-order chi connectivity index (χ1) is 9.01. The van der Waals surface area contributed by atoms with Crippen LogP contribution in [0.3, 0.4) is 0 Å². The van der Waals surface area contributed by atoms with E-state index in [0.717, 1.165) is 6.42 Å². The zero-order valence-corrected chi connectivity index (χ0v) is 12.4. The lowest BCUT2D eigenvalue weighted by atomic mass is 10.2. The Morgan fingerprint density at radius 3 is 2.53 bits per heavy atom. The summed E-state index contributed by atoms with van der Waals surface area (Å²) in [6, 6.07) is 6.86. The van der Waals surface area contributed by atoms with Crippen LogP contribution in [0.4, 0.5) is 5.69 Å². The van der Waals surface area contributed by atoms with E-state index < -0.39 is 15.9 Å². The van der Waals surface area contributed by atoms with Crippen molar-refractivity contribution in [2.45, 2.75) is 44.1 Å². The molecule has 1 rings (SSSR count). The maximum atomic E-state index is 12.1. The number of sulfone groups is 1. The van der Waals surface area contributed by atoms with Crippen molar-refractivity contribution in [3.63, 3.8) is 0 Å². The molecule has 2 N–H and O–H groups in total. The zero-order valence-electron chi connectivity index (χ0n) is 11.6. The predicted molar refractivity (Wildman–Crippen MR) is 78.2 cm³/mol. The average Bonchev–Trinajstić information content (AvgIpc) is 2.37. The molecular formula is C14H23NO3S. The second-order valence-electron chi connectivity index (χ2n) is 4.64. The summed E-state index contributed by atoms with van der Waals surface area (Å²) in [5.74, 6) is 0.142. The molecule has 0 fully saturated rings. The van der Waals surface area contributed by atoms with Crippen molar-refractivity contribution in [3.05, 3.63) is 24.3 Å². The summed E-state index contributed by atoms with van der Waals surface area (Å²) < 4.78 is 24.2. The number of hydrogen-bond donors (Lipinski definition) is 2. The Morgan fingerprint density at radius 1 is 1.21 bits per heavy atom. The number of benzene rings is 1. The third-order valence-corrected chi connectivity index (χ3v) is 4.82. The summed E-state index contributed by atoms with van der Waals surface area (Å²) in [6.07, 6.45) is 1.75. The van der Waals surface area contributed by atoms with E-state index in [1.807, 2.05) is 13.8 Å². The number of hydrogen-bond acceptors (Lipinski definition) is 4. The summed E-state index contributed by atoms with van der Waals surface area (Å²) >= 11 is 0. The van der Waals surface area contributed by atoms with Crippen LogP contribution in [0.1, 0.15) is 33.1 Å². The lowest BCUT2D eigenvalue weighted by molar-refractivity contribution is 0.176. The quantitative estimate of drug-likeness (QED) is 0.770. The molecule has 0 bridgehead atoms. The van der Waals surface area contributed by atoms with Gasteiger partial charge in [-0.05, 0) is 25.0 Å². The van der Waals surface area contributed by atoms with Crippen LogP contribution in [-0.2, 0) is 9.84 Å². The van der Waals surface area contributed by atoms with Gasteiger partial charge in [0.05, 0.1) is 22.4 Å². The Morgan fingerprint density at radius 2 is 1.89 bits per heavy atom. The standard InChI is InChI=1S/C14H23NO3S/c1-3-7-12(16)11-15-13-8-5-6-9-14(13)19(17,18)10-4-2/h5-6,8-9,12,15-16H,3-4,7,10-11H2,1-2H3. The fourth-order valence-electron chi connectivity index (χ4n) is 1.93. The summed E-state index contributed by atoms with van der Waals surface area (Å²) in [5.41, 5.74) is 0.575. The van der Waals surface area contributed by atoms with Crippen LogP contribution in [0.5, 0.6) is 0 Å². The lowest BCUT2D eigenvalue weighted by Crippen LogP contribution is -2.20. The van der Waals surface area contributed by atoms with Crippen molar-refractivity contribution in [2.24, 2.45) is 0 Å². The van der Waals surface area contributed by atoms with Crippen molar-refractivity contribution < 1.29 is 13.5 Å². The summed E-state index contributed by atoms with van der Waals surface area (Å²) in [5, 5.41) is 12.7. The molecule has 0 spiro atoms. The van der Waals surface area contributed by atoms with Gasteiger partial charge in [-0.3, -0.25) is 0 Å². The summed E-state index contributed by atoms with van der Waals surface area (Å²) in [4.78, 5) is 0.320. The number of rotatable bonds is 8. The first-order valence-electron chi connectivity index (χ1n) is 6.75. The molecule has 19 heavy (non-hydrogen) atoms. The molecule has 0 aromatic heterocycles. The topological polar surface area (TPSA) is 66.4 Å². The molecule has 1 unspecified atom stereocenters. The molecule has 1 aromatic rings. The van der Waals surface area contributed by atoms with E-state index in [4.69, 9.17) is 0 Å². The molecule has 0 aliphatic carbocycles. The number of aliphatic hydroxyl groups excluding tert-OH is 1. The minimum atomic E-state index is -3.25. The van der Waals surface area contributed by atoms with E-state index in [2.05, 4.69) is 5.32 Å². The molecule has 0 saturated carbocycles. The second-order valence-corrected chi connectivity index (χ2v) is 6.72. The van der Waals surface area contributed by atoms with Gasteiger partial charge >= 0.3 is 0 Å². The third-order valence-electron chi connectivity index (χ3n) is 2.85. The van der Waals surface area contributed by atoms with Crippen LogP contribution >= 0.6 is 0 Å². The largest absolute Gasteiger partial charge is 0.391 e. The normalized spacial score (nSPS) is 13.2. The van der Waals surface area contributed by atoms with Crippen molar-refractivity contribution in [2.75, 3.05) is 17.6 Å². The third kappa shape index (κ3) is 4.84. The van der Waals surface area contributed by atoms with Gasteiger partial charge in [-0.15, -0.1) is 0 Å². The average molecular weight is 285 g/mol. The van der Waals surface area contributed by atoms with Gasteiger partial charge in [0.2, 0.25) is 0 Å². The number of nitrogens with one attached hydrogen (secondary N) is 1. The molecule has 5 heteroatoms. The monoisotopic (exact) mass is 285 g/mol. The van der Waals surface area contributed by atoms with Crippen LogP contribution in [0, 0.1) is 0 Å². The smallest absolute Gasteiger partial charge is 0.180 e. The Kier molecular flexibility index (Phi) is 6.31. The van der Waals surface area contributed by atoms with Gasteiger partial charge in [0.15, 0.2) is 9.84 Å². The van der Waals surface area contributed by atoms with Gasteiger partial charge in [0.25, 0.3) is 0 Å². The van der Waals surface area contributed by atoms with Crippen LogP contribution in [-0.4, -0.2) is 31.9 Å². The van der Waals surface area contributed by atoms with Gasteiger partial charge in [0.1, 0.15) is 0 Å². The minimum absolute atomic E-state index is 0.142. The van der Waals surface area contributed by atoms with Gasteiger partial charge in [-0.25, -0.2) is 8.42 Å². The van der Waals surface area contributed by atoms with Crippen molar-refractivity contribution in [3.8, 4) is 0 Å². The van der Waals surface area contributed by atoms with Gasteiger partial charge in [-0.2, -0.15) is 0 Å². The van der Waals surface area contributed by atoms with Gasteiger partial charge in [0, 0.05) is 6.54 Å². The van der Waals surface area contributed by atoms with Gasteiger partial charge < -0.3 is 10.4 Å². The molecule has 1 atom stereocenters. The highest BCUT2D eigenvalue weighted by Gasteiger charge is 2.17.